The zero-order valence-corrected chi connectivity index (χ0v) is 13.2. The van der Waals surface area contributed by atoms with Crippen molar-refractivity contribution in [2.75, 3.05) is 0 Å². The minimum absolute atomic E-state index is 1.34. The molecule has 0 aromatic carbocycles. The van der Waals surface area contributed by atoms with E-state index in [4.69, 9.17) is 0 Å². The molecule has 0 rings (SSSR count). The van der Waals surface area contributed by atoms with E-state index in [0.29, 0.717) is 0 Å². The highest BCUT2D eigenvalue weighted by molar-refractivity contribution is 8.70. The van der Waals surface area contributed by atoms with Gasteiger partial charge in [-0.1, -0.05) is 13.8 Å². The van der Waals surface area contributed by atoms with Crippen LogP contribution in [0.3, 0.4) is 0 Å². The van der Waals surface area contributed by atoms with Crippen LogP contribution in [-0.4, -0.2) is 0 Å². The first-order valence-electron chi connectivity index (χ1n) is 2.67. The molecule has 0 nitrogen and oxygen atoms in total. The van der Waals surface area contributed by atoms with Crippen LogP contribution in [0.2, 0.25) is 0 Å². The van der Waals surface area contributed by atoms with Crippen LogP contribution in [0.25, 0.3) is 0 Å². The van der Waals surface area contributed by atoms with E-state index in [1.807, 2.05) is 13.8 Å². The zero-order chi connectivity index (χ0) is 10.2. The molecule has 0 spiro atoms. The summed E-state index contributed by atoms with van der Waals surface area (Å²) < 4.78 is 0. The summed E-state index contributed by atoms with van der Waals surface area (Å²) in [5.74, 6) is 0. The largest absolute Gasteiger partial charge is 0.106 e. The van der Waals surface area contributed by atoms with Crippen LogP contribution in [0, 0.1) is 0 Å². The number of hydrogen-bond donors (Lipinski definition) is 0. The van der Waals surface area contributed by atoms with Crippen molar-refractivity contribution < 1.29 is 0 Å². The summed E-state index contributed by atoms with van der Waals surface area (Å²) in [7, 11) is 9.12. The number of hydrogen-bond acceptors (Lipinski definition) is 2. The Morgan fingerprint density at radius 3 is 1.17 bits per heavy atom. The Hall–Kier alpha value is 1.50. The topological polar surface area (TPSA) is 0 Å². The first-order chi connectivity index (χ1) is 5.91. The Labute approximate surface area is 101 Å². The average Bonchev–Trinajstić information content (AvgIpc) is 2.19. The van der Waals surface area contributed by atoms with E-state index < -0.39 is 0 Å². The van der Waals surface area contributed by atoms with Crippen molar-refractivity contribution in [3.05, 3.63) is 13.2 Å². The maximum Gasteiger partial charge on any atom is 0 e. The van der Waals surface area contributed by atoms with Crippen molar-refractivity contribution in [1.82, 2.24) is 0 Å². The van der Waals surface area contributed by atoms with Crippen molar-refractivity contribution in [3.8, 4) is 0 Å². The Bertz CT molecular complexity index is 253. The van der Waals surface area contributed by atoms with Gasteiger partial charge in [0.15, 0.2) is 0 Å². The van der Waals surface area contributed by atoms with Gasteiger partial charge in [0.05, 0.1) is 0 Å². The van der Waals surface area contributed by atoms with Gasteiger partial charge in [-0.05, 0) is 0 Å². The van der Waals surface area contributed by atoms with Crippen LogP contribution in [0.15, 0.2) is 13.2 Å². The smallest absolute Gasteiger partial charge is 0 e. The minimum atomic E-state index is 1.34. The van der Waals surface area contributed by atoms with Gasteiger partial charge in [-0.2, -0.15) is 0 Å². The normalized spacial score (nSPS) is 5.17. The third-order valence-corrected chi connectivity index (χ3v) is 11.2. The molecule has 12 heavy (non-hydrogen) atoms. The molecule has 8 heteroatoms. The summed E-state index contributed by atoms with van der Waals surface area (Å²) in [6.07, 6.45) is 0. The van der Waals surface area contributed by atoms with Crippen molar-refractivity contribution in [2.24, 2.45) is 0 Å². The first-order valence-corrected chi connectivity index (χ1v) is 12.0. The van der Waals surface area contributed by atoms with E-state index >= 15 is 0 Å². The van der Waals surface area contributed by atoms with E-state index in [9.17, 15) is 0 Å². The molecule has 0 aromatic rings. The van der Waals surface area contributed by atoms with Crippen LogP contribution in [0.5, 0.6) is 0 Å². The quantitative estimate of drug-likeness (QED) is 0.626. The predicted molar refractivity (Wildman–Crippen MR) is 81.5 cm³/mol. The summed E-state index contributed by atoms with van der Waals surface area (Å²) in [5.41, 5.74) is 0. The van der Waals surface area contributed by atoms with Gasteiger partial charge in [0, 0.05) is 75.7 Å². The van der Waals surface area contributed by atoms with E-state index in [1.54, 1.807) is 35.5 Å². The predicted octanol–water partition coefficient (Wildman–Crippen LogP) is 1.81. The van der Waals surface area contributed by atoms with Gasteiger partial charge in [0.1, 0.15) is 0 Å². The molecule has 0 amide bonds. The lowest BCUT2D eigenvalue weighted by molar-refractivity contribution is 1.50. The van der Waals surface area contributed by atoms with Crippen molar-refractivity contribution >= 4 is 75.7 Å². The molecule has 0 radical (unpaired) electrons. The van der Waals surface area contributed by atoms with Gasteiger partial charge in [0.2, 0.25) is 0 Å². The molecule has 0 atom stereocenters. The molecular weight excluding hydrogens is 305 g/mol. The standard InChI is InChI=1S/C2H6.C2H4.S8/c2*1-2;1-3-5-7-8-6-4-2/h1-2H3;1-2H2;. The van der Waals surface area contributed by atoms with Crippen molar-refractivity contribution in [2.45, 2.75) is 13.8 Å². The SMILES string of the molecule is C=C.CC.S=S=S=S=S=S=S=S. The number of rotatable bonds is 0. The lowest BCUT2D eigenvalue weighted by Crippen LogP contribution is -1.33. The maximum absolute atomic E-state index is 4.60. The second-order valence-corrected chi connectivity index (χ2v) is 11.0. The van der Waals surface area contributed by atoms with E-state index in [-0.39, 0.29) is 0 Å². The van der Waals surface area contributed by atoms with Gasteiger partial charge >= 0.3 is 0 Å². The van der Waals surface area contributed by atoms with E-state index in [1.165, 1.54) is 17.8 Å². The molecule has 0 fully saturated rings. The Balaban J connectivity index is -0.000000175. The maximum atomic E-state index is 4.60. The highest BCUT2D eigenvalue weighted by atomic mass is 33.4. The molecule has 0 heterocycles. The molecule has 0 aliphatic carbocycles. The fourth-order valence-electron chi connectivity index (χ4n) is 0.0454. The van der Waals surface area contributed by atoms with E-state index in [0.717, 1.165) is 0 Å². The molecular formula is C4H10S8. The summed E-state index contributed by atoms with van der Waals surface area (Å²) in [6.45, 7) is 10.0. The third-order valence-electron chi connectivity index (χ3n) is 0.139. The summed E-state index contributed by atoms with van der Waals surface area (Å²) in [6, 6.07) is 0. The lowest BCUT2D eigenvalue weighted by atomic mass is 11.0. The summed E-state index contributed by atoms with van der Waals surface area (Å²) in [4.78, 5) is 0. The summed E-state index contributed by atoms with van der Waals surface area (Å²) >= 11 is 9.21. The molecule has 0 aliphatic rings. The molecule has 0 saturated carbocycles. The Morgan fingerprint density at radius 2 is 1.00 bits per heavy atom. The Kier molecular flexibility index (Phi) is 46.9. The molecule has 0 aliphatic heterocycles. The fraction of sp³-hybridized carbons (Fsp3) is 0.500. The van der Waals surface area contributed by atoms with Crippen LogP contribution in [-0.2, 0) is 75.7 Å². The average molecular weight is 315 g/mol. The van der Waals surface area contributed by atoms with Crippen molar-refractivity contribution in [3.63, 3.8) is 0 Å². The molecule has 74 valence electrons. The van der Waals surface area contributed by atoms with Gasteiger partial charge < -0.3 is 0 Å². The summed E-state index contributed by atoms with van der Waals surface area (Å²) in [5, 5.41) is 0. The van der Waals surface area contributed by atoms with Gasteiger partial charge in [-0.15, -0.1) is 13.2 Å². The van der Waals surface area contributed by atoms with Gasteiger partial charge in [0.25, 0.3) is 0 Å². The molecule has 0 N–H and O–H groups in total. The van der Waals surface area contributed by atoms with Crippen LogP contribution >= 0.6 is 0 Å². The lowest BCUT2D eigenvalue weighted by Gasteiger charge is -1.33. The first kappa shape index (κ1) is 19.1. The van der Waals surface area contributed by atoms with Crippen LogP contribution < -0.4 is 0 Å². The Morgan fingerprint density at radius 1 is 0.750 bits per heavy atom. The molecule has 0 unspecified atom stereocenters. The van der Waals surface area contributed by atoms with Gasteiger partial charge in [-0.25, -0.2) is 0 Å². The minimum Gasteiger partial charge on any atom is -0.106 e. The zero-order valence-electron chi connectivity index (χ0n) is 6.68. The monoisotopic (exact) mass is 314 g/mol. The highest BCUT2D eigenvalue weighted by Gasteiger charge is 1.33. The van der Waals surface area contributed by atoms with Crippen LogP contribution in [0.1, 0.15) is 13.8 Å². The second-order valence-electron chi connectivity index (χ2n) is 0.408. The highest BCUT2D eigenvalue weighted by Crippen LogP contribution is 1.33. The third kappa shape index (κ3) is 30.0. The second kappa shape index (κ2) is 29.4. The van der Waals surface area contributed by atoms with Gasteiger partial charge in [-0.3, -0.25) is 0 Å². The van der Waals surface area contributed by atoms with Crippen LogP contribution in [0.4, 0.5) is 0 Å². The fourth-order valence-corrected chi connectivity index (χ4v) is 11.0. The molecule has 0 saturated heterocycles. The molecule has 0 bridgehead atoms. The van der Waals surface area contributed by atoms with E-state index in [2.05, 4.69) is 35.5 Å². The molecule has 0 aromatic heterocycles. The van der Waals surface area contributed by atoms with Crippen molar-refractivity contribution in [1.29, 1.82) is 0 Å².